The summed E-state index contributed by atoms with van der Waals surface area (Å²) >= 11 is 0. The molecule has 0 aromatic heterocycles. The Hall–Kier alpha value is -4.11. The van der Waals surface area contributed by atoms with Gasteiger partial charge in [0.25, 0.3) is 0 Å². The van der Waals surface area contributed by atoms with Gasteiger partial charge in [-0.05, 0) is 52.1 Å². The van der Waals surface area contributed by atoms with E-state index in [4.69, 9.17) is 9.47 Å². The lowest BCUT2D eigenvalue weighted by atomic mass is 9.89. The van der Waals surface area contributed by atoms with Gasteiger partial charge >= 0.3 is 5.97 Å². The van der Waals surface area contributed by atoms with Crippen molar-refractivity contribution in [1.82, 2.24) is 0 Å². The first-order valence-electron chi connectivity index (χ1n) is 10.5. The van der Waals surface area contributed by atoms with E-state index in [9.17, 15) is 4.79 Å². The number of esters is 1. The van der Waals surface area contributed by atoms with Crippen molar-refractivity contribution in [2.24, 2.45) is 0 Å². The fourth-order valence-electron chi connectivity index (χ4n) is 4.15. The van der Waals surface area contributed by atoms with Gasteiger partial charge in [0.1, 0.15) is 12.4 Å². The van der Waals surface area contributed by atoms with Crippen molar-refractivity contribution in [1.29, 1.82) is 0 Å². The molecular weight excluding hydrogens is 396 g/mol. The summed E-state index contributed by atoms with van der Waals surface area (Å²) in [6.07, 6.45) is 0. The minimum absolute atomic E-state index is 0.340. The molecule has 0 amide bonds. The van der Waals surface area contributed by atoms with E-state index in [1.165, 1.54) is 12.7 Å². The highest BCUT2D eigenvalue weighted by atomic mass is 16.5. The van der Waals surface area contributed by atoms with Gasteiger partial charge in [0, 0.05) is 11.1 Å². The maximum Gasteiger partial charge on any atom is 0.337 e. The lowest BCUT2D eigenvalue weighted by molar-refractivity contribution is 0.0600. The molecular formula is C29H22O3. The van der Waals surface area contributed by atoms with Crippen LogP contribution in [0.25, 0.3) is 22.3 Å². The SMILES string of the molecule is COC(=O)c1ccc(/C(=C2/COc3ccc(-c4ccccc4)cc32)c2ccccc2)cc1. The third-order valence-electron chi connectivity index (χ3n) is 5.74. The maximum absolute atomic E-state index is 11.9. The Bertz CT molecular complexity index is 1290. The van der Waals surface area contributed by atoms with Crippen LogP contribution in [0.15, 0.2) is 103 Å². The summed E-state index contributed by atoms with van der Waals surface area (Å²) < 4.78 is 10.9. The molecule has 0 atom stereocenters. The van der Waals surface area contributed by atoms with Gasteiger partial charge in [-0.2, -0.15) is 0 Å². The van der Waals surface area contributed by atoms with E-state index in [0.29, 0.717) is 12.2 Å². The van der Waals surface area contributed by atoms with Crippen LogP contribution < -0.4 is 4.74 Å². The first-order valence-corrected chi connectivity index (χ1v) is 10.5. The van der Waals surface area contributed by atoms with Crippen LogP contribution >= 0.6 is 0 Å². The smallest absolute Gasteiger partial charge is 0.337 e. The second kappa shape index (κ2) is 8.56. The Kier molecular flexibility index (Phi) is 5.30. The van der Waals surface area contributed by atoms with Crippen LogP contribution in [0.4, 0.5) is 0 Å². The van der Waals surface area contributed by atoms with E-state index in [2.05, 4.69) is 36.4 Å². The van der Waals surface area contributed by atoms with Crippen molar-refractivity contribution >= 4 is 17.1 Å². The van der Waals surface area contributed by atoms with Gasteiger partial charge in [0.15, 0.2) is 0 Å². The first kappa shape index (κ1) is 19.8. The Balaban J connectivity index is 1.68. The molecule has 0 fully saturated rings. The largest absolute Gasteiger partial charge is 0.488 e. The molecule has 4 aromatic carbocycles. The van der Waals surface area contributed by atoms with Crippen LogP contribution in [0, 0.1) is 0 Å². The molecule has 0 saturated carbocycles. The van der Waals surface area contributed by atoms with Crippen molar-refractivity contribution in [2.45, 2.75) is 0 Å². The molecule has 156 valence electrons. The molecule has 0 N–H and O–H groups in total. The summed E-state index contributed by atoms with van der Waals surface area (Å²) in [5.41, 5.74) is 8.33. The Morgan fingerprint density at radius 3 is 2.03 bits per heavy atom. The van der Waals surface area contributed by atoms with Gasteiger partial charge in [-0.15, -0.1) is 0 Å². The van der Waals surface area contributed by atoms with Gasteiger partial charge in [-0.3, -0.25) is 0 Å². The summed E-state index contributed by atoms with van der Waals surface area (Å²) in [6.45, 7) is 0.497. The third kappa shape index (κ3) is 3.69. The van der Waals surface area contributed by atoms with E-state index >= 15 is 0 Å². The van der Waals surface area contributed by atoms with Crippen LogP contribution in [0.2, 0.25) is 0 Å². The van der Waals surface area contributed by atoms with Gasteiger partial charge in [-0.1, -0.05) is 78.9 Å². The highest BCUT2D eigenvalue weighted by Crippen LogP contribution is 2.42. The topological polar surface area (TPSA) is 35.5 Å². The van der Waals surface area contributed by atoms with E-state index in [1.54, 1.807) is 0 Å². The van der Waals surface area contributed by atoms with Crippen LogP contribution in [-0.4, -0.2) is 19.7 Å². The average Bonchev–Trinajstić information content (AvgIpc) is 3.28. The van der Waals surface area contributed by atoms with Crippen LogP contribution in [-0.2, 0) is 4.74 Å². The summed E-state index contributed by atoms with van der Waals surface area (Å²) in [7, 11) is 1.39. The van der Waals surface area contributed by atoms with Crippen LogP contribution in [0.3, 0.4) is 0 Å². The zero-order valence-corrected chi connectivity index (χ0v) is 17.7. The molecule has 1 aliphatic rings. The molecule has 1 heterocycles. The molecule has 0 aliphatic carbocycles. The molecule has 1 aliphatic heterocycles. The van der Waals surface area contributed by atoms with Crippen molar-refractivity contribution < 1.29 is 14.3 Å². The molecule has 3 heteroatoms. The average molecular weight is 418 g/mol. The van der Waals surface area contributed by atoms with Crippen LogP contribution in [0.5, 0.6) is 5.75 Å². The number of carbonyl (C=O) groups excluding carboxylic acids is 1. The fourth-order valence-corrected chi connectivity index (χ4v) is 4.15. The predicted molar refractivity (Wildman–Crippen MR) is 128 cm³/mol. The zero-order chi connectivity index (χ0) is 21.9. The highest BCUT2D eigenvalue weighted by molar-refractivity contribution is 6.02. The Morgan fingerprint density at radius 2 is 1.34 bits per heavy atom. The normalized spacial score (nSPS) is 13.8. The summed E-state index contributed by atoms with van der Waals surface area (Å²) in [6, 6.07) is 34.6. The lowest BCUT2D eigenvalue weighted by Gasteiger charge is -2.14. The number of carbonyl (C=O) groups is 1. The molecule has 0 spiro atoms. The van der Waals surface area contributed by atoms with Crippen molar-refractivity contribution in [3.05, 3.63) is 125 Å². The number of rotatable bonds is 4. The first-order chi connectivity index (χ1) is 15.7. The number of hydrogen-bond donors (Lipinski definition) is 0. The van der Waals surface area contributed by atoms with Crippen molar-refractivity contribution in [2.75, 3.05) is 13.7 Å². The lowest BCUT2D eigenvalue weighted by Crippen LogP contribution is -2.02. The van der Waals surface area contributed by atoms with Crippen LogP contribution in [0.1, 0.15) is 27.0 Å². The zero-order valence-electron chi connectivity index (χ0n) is 17.7. The van der Waals surface area contributed by atoms with E-state index < -0.39 is 0 Å². The summed E-state index contributed by atoms with van der Waals surface area (Å²) in [4.78, 5) is 11.9. The summed E-state index contributed by atoms with van der Waals surface area (Å²) in [5, 5.41) is 0. The Morgan fingerprint density at radius 1 is 0.719 bits per heavy atom. The molecule has 0 radical (unpaired) electrons. The minimum atomic E-state index is -0.340. The van der Waals surface area contributed by atoms with Gasteiger partial charge in [-0.25, -0.2) is 4.79 Å². The second-order valence-corrected chi connectivity index (χ2v) is 7.65. The Labute approximate surface area is 187 Å². The maximum atomic E-state index is 11.9. The van der Waals surface area contributed by atoms with E-state index in [1.807, 2.05) is 66.7 Å². The molecule has 4 aromatic rings. The molecule has 0 saturated heterocycles. The second-order valence-electron chi connectivity index (χ2n) is 7.65. The third-order valence-corrected chi connectivity index (χ3v) is 5.74. The monoisotopic (exact) mass is 418 g/mol. The molecule has 5 rings (SSSR count). The predicted octanol–water partition coefficient (Wildman–Crippen LogP) is 6.49. The van der Waals surface area contributed by atoms with Gasteiger partial charge in [0.2, 0.25) is 0 Å². The summed E-state index contributed by atoms with van der Waals surface area (Å²) in [5.74, 6) is 0.548. The van der Waals surface area contributed by atoms with Gasteiger partial charge < -0.3 is 9.47 Å². The number of methoxy groups -OCH3 is 1. The highest BCUT2D eigenvalue weighted by Gasteiger charge is 2.24. The molecule has 32 heavy (non-hydrogen) atoms. The van der Waals surface area contributed by atoms with Gasteiger partial charge in [0.05, 0.1) is 12.7 Å². The van der Waals surface area contributed by atoms with Crippen molar-refractivity contribution in [3.8, 4) is 16.9 Å². The molecule has 0 unspecified atom stereocenters. The number of fused-ring (bicyclic) bond motifs is 1. The van der Waals surface area contributed by atoms with E-state index in [-0.39, 0.29) is 5.97 Å². The number of ether oxygens (including phenoxy) is 2. The number of benzene rings is 4. The molecule has 0 bridgehead atoms. The quantitative estimate of drug-likeness (QED) is 0.355. The van der Waals surface area contributed by atoms with Crippen molar-refractivity contribution in [3.63, 3.8) is 0 Å². The van der Waals surface area contributed by atoms with E-state index in [0.717, 1.165) is 39.1 Å². The standard InChI is InChI=1S/C29H22O3/c1-31-29(30)23-14-12-22(13-15-23)28(21-10-6-3-7-11-21)26-19-32-27-17-16-24(18-25(26)27)20-8-4-2-5-9-20/h2-18H,19H2,1H3/b28-26-. The minimum Gasteiger partial charge on any atom is -0.488 e. The fraction of sp³-hybridized carbons (Fsp3) is 0.0690. The molecule has 3 nitrogen and oxygen atoms in total. The number of hydrogen-bond acceptors (Lipinski definition) is 3.